The van der Waals surface area contributed by atoms with Crippen molar-refractivity contribution >= 4 is 24.0 Å². The van der Waals surface area contributed by atoms with Gasteiger partial charge in [-0.25, -0.2) is 9.10 Å². The predicted octanol–water partition coefficient (Wildman–Crippen LogP) is 4.88. The van der Waals surface area contributed by atoms with Gasteiger partial charge in [0.05, 0.1) is 6.61 Å². The van der Waals surface area contributed by atoms with E-state index in [2.05, 4.69) is 26.1 Å². The minimum Gasteiger partial charge on any atom is -0.465 e. The summed E-state index contributed by atoms with van der Waals surface area (Å²) >= 11 is 1.46. The van der Waals surface area contributed by atoms with E-state index in [0.29, 0.717) is 13.2 Å². The molecule has 1 aromatic carbocycles. The number of ether oxygens (including phenoxy) is 2. The molecule has 160 valence electrons. The number of alkyl carbamates (subject to hydrolysis) is 1. The number of nitrogens with zero attached hydrogens (tertiary/aromatic N) is 1. The van der Waals surface area contributed by atoms with Crippen LogP contribution in [-0.4, -0.2) is 42.2 Å². The number of hydrogen-bond donors (Lipinski definition) is 1. The molecule has 0 atom stereocenters. The summed E-state index contributed by atoms with van der Waals surface area (Å²) in [6.07, 6.45) is -0.435. The Kier molecular flexibility index (Phi) is 12.6. The summed E-state index contributed by atoms with van der Waals surface area (Å²) in [7, 11) is 1.83. The van der Waals surface area contributed by atoms with Gasteiger partial charge in [0.1, 0.15) is 12.1 Å². The number of nitrogens with one attached hydrogen (secondary N) is 1. The van der Waals surface area contributed by atoms with Gasteiger partial charge >= 0.3 is 12.1 Å². The highest BCUT2D eigenvalue weighted by atomic mass is 32.2. The number of carbonyl (C=O) groups excluding carboxylic acids is 2. The molecule has 0 saturated carbocycles. The highest BCUT2D eigenvalue weighted by Crippen LogP contribution is 2.21. The molecule has 0 aliphatic heterocycles. The molecule has 1 rings (SSSR count). The Balaban J connectivity index is 0.00000165. The third-order valence-electron chi connectivity index (χ3n) is 2.68. The number of esters is 1. The van der Waals surface area contributed by atoms with Gasteiger partial charge in [0, 0.05) is 11.4 Å². The molecular weight excluding hydrogens is 376 g/mol. The molecule has 1 N–H and O–H groups in total. The fourth-order valence-corrected chi connectivity index (χ4v) is 2.54. The first-order chi connectivity index (χ1) is 12.9. The lowest BCUT2D eigenvalue weighted by molar-refractivity contribution is -0.142. The summed E-state index contributed by atoms with van der Waals surface area (Å²) in [6, 6.07) is 7.74. The van der Waals surface area contributed by atoms with E-state index in [4.69, 9.17) is 9.47 Å². The zero-order valence-corrected chi connectivity index (χ0v) is 19.3. The smallest absolute Gasteiger partial charge is 0.407 e. The molecule has 6 nitrogen and oxygen atoms in total. The van der Waals surface area contributed by atoms with Gasteiger partial charge in [-0.15, -0.1) is 0 Å². The average Bonchev–Trinajstić information content (AvgIpc) is 2.52. The van der Waals surface area contributed by atoms with Gasteiger partial charge in [-0.1, -0.05) is 32.9 Å². The van der Waals surface area contributed by atoms with E-state index in [1.165, 1.54) is 11.9 Å². The van der Waals surface area contributed by atoms with Crippen LogP contribution in [0.1, 0.15) is 54.0 Å². The Hall–Kier alpha value is -1.73. The zero-order valence-electron chi connectivity index (χ0n) is 18.5. The minimum atomic E-state index is -0.506. The van der Waals surface area contributed by atoms with Crippen molar-refractivity contribution in [1.82, 2.24) is 9.62 Å². The molecule has 0 heterocycles. The standard InChI is InChI=1S/C17H26N2O4S.C4H10/c1-6-22-15(20)12-19(5)24-14-9-7-13(8-10-14)11-18-16(21)23-17(2,3)4;1-4(2)3/h7-10H,6,11-12H2,1-5H3,(H,18,21);4H,1-3H3. The van der Waals surface area contributed by atoms with Crippen LogP contribution < -0.4 is 5.32 Å². The lowest BCUT2D eigenvalue weighted by Crippen LogP contribution is -2.32. The molecule has 1 amide bonds. The second-order valence-electron chi connectivity index (χ2n) is 7.91. The highest BCUT2D eigenvalue weighted by Gasteiger charge is 2.15. The van der Waals surface area contributed by atoms with Crippen LogP contribution >= 0.6 is 11.9 Å². The summed E-state index contributed by atoms with van der Waals surface area (Å²) in [6.45, 7) is 14.8. The molecule has 0 radical (unpaired) electrons. The van der Waals surface area contributed by atoms with E-state index in [1.807, 2.05) is 56.4 Å². The lowest BCUT2D eigenvalue weighted by Gasteiger charge is -2.19. The molecule has 0 saturated heterocycles. The monoisotopic (exact) mass is 412 g/mol. The Morgan fingerprint density at radius 2 is 1.68 bits per heavy atom. The summed E-state index contributed by atoms with van der Waals surface area (Å²) in [5.74, 6) is 0.589. The van der Waals surface area contributed by atoms with Gasteiger partial charge in [-0.2, -0.15) is 0 Å². The van der Waals surface area contributed by atoms with Crippen LogP contribution in [0.3, 0.4) is 0 Å². The Bertz CT molecular complexity index is 580. The van der Waals surface area contributed by atoms with Gasteiger partial charge in [0.2, 0.25) is 0 Å². The van der Waals surface area contributed by atoms with Gasteiger partial charge in [-0.3, -0.25) is 4.79 Å². The van der Waals surface area contributed by atoms with Crippen molar-refractivity contribution in [2.24, 2.45) is 5.92 Å². The first-order valence-corrected chi connectivity index (χ1v) is 10.3. The fraction of sp³-hybridized carbons (Fsp3) is 0.619. The zero-order chi connectivity index (χ0) is 21.7. The molecule has 0 aromatic heterocycles. The van der Waals surface area contributed by atoms with Gasteiger partial charge < -0.3 is 14.8 Å². The summed E-state index contributed by atoms with van der Waals surface area (Å²) < 4.78 is 11.9. The summed E-state index contributed by atoms with van der Waals surface area (Å²) in [5, 5.41) is 2.72. The second-order valence-corrected chi connectivity index (χ2v) is 9.19. The Morgan fingerprint density at radius 3 is 2.14 bits per heavy atom. The second kappa shape index (κ2) is 13.4. The number of likely N-dealkylation sites (N-methyl/N-ethyl adjacent to an activating group) is 1. The van der Waals surface area contributed by atoms with Crippen LogP contribution in [0.15, 0.2) is 29.2 Å². The van der Waals surface area contributed by atoms with Crippen molar-refractivity contribution in [1.29, 1.82) is 0 Å². The molecule has 28 heavy (non-hydrogen) atoms. The molecule has 0 spiro atoms. The Labute approximate surface area is 174 Å². The van der Waals surface area contributed by atoms with Gasteiger partial charge in [-0.05, 0) is 70.3 Å². The van der Waals surface area contributed by atoms with E-state index in [-0.39, 0.29) is 12.5 Å². The maximum atomic E-state index is 11.6. The first kappa shape index (κ1) is 26.3. The number of hydrogen-bond acceptors (Lipinski definition) is 6. The minimum absolute atomic E-state index is 0.223. The molecule has 0 aliphatic carbocycles. The largest absolute Gasteiger partial charge is 0.465 e. The van der Waals surface area contributed by atoms with Gasteiger partial charge in [0.25, 0.3) is 0 Å². The van der Waals surface area contributed by atoms with Crippen LogP contribution in [0.4, 0.5) is 4.79 Å². The molecule has 1 aromatic rings. The fourth-order valence-electron chi connectivity index (χ4n) is 1.76. The number of benzene rings is 1. The SMILES string of the molecule is CC(C)C.CCOC(=O)CN(C)Sc1ccc(CNC(=O)OC(C)(C)C)cc1. The maximum absolute atomic E-state index is 11.6. The molecule has 0 bridgehead atoms. The van der Waals surface area contributed by atoms with Crippen LogP contribution in [0.2, 0.25) is 0 Å². The average molecular weight is 413 g/mol. The third-order valence-corrected chi connectivity index (χ3v) is 3.60. The number of rotatable bonds is 7. The quantitative estimate of drug-likeness (QED) is 0.509. The van der Waals surface area contributed by atoms with Crippen LogP contribution in [-0.2, 0) is 20.8 Å². The topological polar surface area (TPSA) is 67.9 Å². The molecule has 7 heteroatoms. The Morgan fingerprint density at radius 1 is 1.14 bits per heavy atom. The molecule has 0 fully saturated rings. The van der Waals surface area contributed by atoms with Crippen LogP contribution in [0, 0.1) is 5.92 Å². The van der Waals surface area contributed by atoms with Crippen molar-refractivity contribution in [2.45, 2.75) is 65.5 Å². The normalized spacial score (nSPS) is 10.9. The maximum Gasteiger partial charge on any atom is 0.407 e. The third kappa shape index (κ3) is 15.3. The van der Waals surface area contributed by atoms with Crippen molar-refractivity contribution in [3.8, 4) is 0 Å². The lowest BCUT2D eigenvalue weighted by atomic mass is 10.2. The molecular formula is C21H36N2O4S. The van der Waals surface area contributed by atoms with Crippen molar-refractivity contribution in [2.75, 3.05) is 20.2 Å². The summed E-state index contributed by atoms with van der Waals surface area (Å²) in [5.41, 5.74) is 0.465. The molecule has 0 aliphatic rings. The van der Waals surface area contributed by atoms with Crippen molar-refractivity contribution < 1.29 is 19.1 Å². The van der Waals surface area contributed by atoms with Crippen LogP contribution in [0.25, 0.3) is 0 Å². The van der Waals surface area contributed by atoms with Crippen LogP contribution in [0.5, 0.6) is 0 Å². The number of amides is 1. The number of carbonyl (C=O) groups is 2. The predicted molar refractivity (Wildman–Crippen MR) is 115 cm³/mol. The van der Waals surface area contributed by atoms with Crippen molar-refractivity contribution in [3.05, 3.63) is 29.8 Å². The first-order valence-electron chi connectivity index (χ1n) is 9.53. The highest BCUT2D eigenvalue weighted by molar-refractivity contribution is 7.97. The van der Waals surface area contributed by atoms with E-state index in [0.717, 1.165) is 16.4 Å². The van der Waals surface area contributed by atoms with Crippen molar-refractivity contribution in [3.63, 3.8) is 0 Å². The summed E-state index contributed by atoms with van der Waals surface area (Å²) in [4.78, 5) is 24.0. The van der Waals surface area contributed by atoms with Gasteiger partial charge in [0.15, 0.2) is 0 Å². The van der Waals surface area contributed by atoms with E-state index >= 15 is 0 Å². The van der Waals surface area contributed by atoms with E-state index in [9.17, 15) is 9.59 Å². The molecule has 0 unspecified atom stereocenters. The van der Waals surface area contributed by atoms with E-state index < -0.39 is 11.7 Å². The van der Waals surface area contributed by atoms with E-state index in [1.54, 1.807) is 6.92 Å².